The molecule has 0 radical (unpaired) electrons. The third-order valence-corrected chi connectivity index (χ3v) is 5.44. The fourth-order valence-corrected chi connectivity index (χ4v) is 3.87. The number of nitriles is 1. The van der Waals surface area contributed by atoms with Crippen molar-refractivity contribution in [2.45, 2.75) is 5.92 Å². The first-order valence-corrected chi connectivity index (χ1v) is 10.3. The van der Waals surface area contributed by atoms with Crippen molar-refractivity contribution in [1.82, 2.24) is 0 Å². The van der Waals surface area contributed by atoms with Gasteiger partial charge < -0.3 is 24.7 Å². The van der Waals surface area contributed by atoms with Gasteiger partial charge in [0.25, 0.3) is 5.69 Å². The molecule has 1 aliphatic rings. The number of hydrogen-bond acceptors (Lipinski definition) is 9. The number of non-ortho nitro benzene ring substituents is 1. The zero-order valence-corrected chi connectivity index (χ0v) is 18.7. The molecule has 0 spiro atoms. The van der Waals surface area contributed by atoms with Crippen molar-refractivity contribution < 1.29 is 28.7 Å². The van der Waals surface area contributed by atoms with Crippen LogP contribution in [0.2, 0.25) is 0 Å². The van der Waals surface area contributed by atoms with E-state index in [9.17, 15) is 20.2 Å². The number of methoxy groups -OCH3 is 2. The number of allylic oxidation sites excluding steroid dienone is 1. The van der Waals surface area contributed by atoms with Gasteiger partial charge in [0.05, 0.1) is 30.6 Å². The first kappa shape index (κ1) is 23.1. The molecule has 0 aromatic heterocycles. The molecule has 1 unspecified atom stereocenters. The van der Waals surface area contributed by atoms with E-state index in [4.69, 9.17) is 24.7 Å². The Balaban J connectivity index is 1.73. The molecular weight excluding hydrogens is 454 g/mol. The Morgan fingerprint density at radius 1 is 1.09 bits per heavy atom. The number of esters is 1. The molecular formula is C25H19N3O7. The number of nitro benzene ring substituents is 1. The monoisotopic (exact) mass is 473 g/mol. The highest BCUT2D eigenvalue weighted by atomic mass is 16.6. The second-order valence-electron chi connectivity index (χ2n) is 7.40. The number of carbonyl (C=O) groups excluding carboxylic acids is 1. The zero-order valence-electron chi connectivity index (χ0n) is 18.7. The Labute approximate surface area is 199 Å². The van der Waals surface area contributed by atoms with Crippen LogP contribution in [0.5, 0.6) is 23.0 Å². The Bertz CT molecular complexity index is 1410. The van der Waals surface area contributed by atoms with Gasteiger partial charge in [-0.1, -0.05) is 24.3 Å². The molecule has 3 aromatic carbocycles. The fraction of sp³-hybridized carbons (Fsp3) is 0.120. The second-order valence-corrected chi connectivity index (χ2v) is 7.40. The molecule has 0 bridgehead atoms. The maximum atomic E-state index is 12.6. The number of nitro groups is 1. The summed E-state index contributed by atoms with van der Waals surface area (Å²) in [5.74, 6) is -0.180. The summed E-state index contributed by atoms with van der Waals surface area (Å²) in [6.45, 7) is 0. The van der Waals surface area contributed by atoms with E-state index < -0.39 is 16.8 Å². The normalized spacial score (nSPS) is 14.3. The summed E-state index contributed by atoms with van der Waals surface area (Å²) in [4.78, 5) is 23.0. The van der Waals surface area contributed by atoms with Gasteiger partial charge in [-0.05, 0) is 18.2 Å². The Hall–Kier alpha value is -5.04. The van der Waals surface area contributed by atoms with Crippen molar-refractivity contribution in [1.29, 1.82) is 5.26 Å². The maximum absolute atomic E-state index is 12.6. The largest absolute Gasteiger partial charge is 0.493 e. The number of hydrogen-bond donors (Lipinski definition) is 1. The summed E-state index contributed by atoms with van der Waals surface area (Å²) in [7, 11) is 3.01. The molecule has 0 aliphatic carbocycles. The lowest BCUT2D eigenvalue weighted by molar-refractivity contribution is -0.384. The van der Waals surface area contributed by atoms with E-state index in [1.807, 2.05) is 0 Å². The molecule has 10 heteroatoms. The lowest BCUT2D eigenvalue weighted by Crippen LogP contribution is -2.21. The van der Waals surface area contributed by atoms with E-state index in [1.165, 1.54) is 44.6 Å². The number of carbonyl (C=O) groups is 1. The number of nitrogens with zero attached hydrogens (tertiary/aromatic N) is 2. The smallest absolute Gasteiger partial charge is 0.343 e. The molecule has 1 heterocycles. The third-order valence-electron chi connectivity index (χ3n) is 5.44. The molecule has 10 nitrogen and oxygen atoms in total. The van der Waals surface area contributed by atoms with Crippen LogP contribution >= 0.6 is 0 Å². The van der Waals surface area contributed by atoms with Crippen molar-refractivity contribution >= 4 is 11.7 Å². The lowest BCUT2D eigenvalue weighted by atomic mass is 9.83. The van der Waals surface area contributed by atoms with E-state index in [2.05, 4.69) is 6.07 Å². The van der Waals surface area contributed by atoms with Crippen molar-refractivity contribution in [2.75, 3.05) is 14.2 Å². The van der Waals surface area contributed by atoms with Gasteiger partial charge in [-0.25, -0.2) is 4.79 Å². The molecule has 0 amide bonds. The Kier molecular flexibility index (Phi) is 6.24. The van der Waals surface area contributed by atoms with E-state index in [0.717, 1.165) is 6.07 Å². The Morgan fingerprint density at radius 2 is 1.86 bits per heavy atom. The van der Waals surface area contributed by atoms with Crippen LogP contribution in [0.3, 0.4) is 0 Å². The van der Waals surface area contributed by atoms with Crippen LogP contribution in [0.4, 0.5) is 5.69 Å². The minimum atomic E-state index is -0.781. The van der Waals surface area contributed by atoms with Crippen LogP contribution in [-0.2, 0) is 0 Å². The minimum absolute atomic E-state index is 0.0167. The zero-order chi connectivity index (χ0) is 25.1. The molecule has 176 valence electrons. The first-order valence-electron chi connectivity index (χ1n) is 10.3. The van der Waals surface area contributed by atoms with Gasteiger partial charge in [0, 0.05) is 29.3 Å². The van der Waals surface area contributed by atoms with Crippen LogP contribution < -0.4 is 24.7 Å². The van der Waals surface area contributed by atoms with Crippen LogP contribution in [0.25, 0.3) is 0 Å². The lowest BCUT2D eigenvalue weighted by Gasteiger charge is -2.28. The number of fused-ring (bicyclic) bond motifs is 1. The number of ether oxygens (including phenoxy) is 4. The number of nitrogens with two attached hydrogens (primary N) is 1. The van der Waals surface area contributed by atoms with Crippen molar-refractivity contribution in [3.8, 4) is 29.1 Å². The van der Waals surface area contributed by atoms with Crippen LogP contribution in [-0.4, -0.2) is 25.1 Å². The molecule has 1 aliphatic heterocycles. The van der Waals surface area contributed by atoms with Crippen molar-refractivity contribution in [3.05, 3.63) is 98.9 Å². The van der Waals surface area contributed by atoms with Gasteiger partial charge in [-0.3, -0.25) is 10.1 Å². The highest BCUT2D eigenvalue weighted by Gasteiger charge is 2.33. The highest BCUT2D eigenvalue weighted by molar-refractivity contribution is 5.91. The minimum Gasteiger partial charge on any atom is -0.493 e. The van der Waals surface area contributed by atoms with Crippen LogP contribution in [0, 0.1) is 21.4 Å². The molecule has 0 fully saturated rings. The van der Waals surface area contributed by atoms with E-state index >= 15 is 0 Å². The fourth-order valence-electron chi connectivity index (χ4n) is 3.87. The van der Waals surface area contributed by atoms with Crippen molar-refractivity contribution in [2.24, 2.45) is 5.73 Å². The SMILES string of the molecule is COc1cccc(C2C(C#N)=C(N)Oc3cc(OC(=O)c4cccc([N+](=O)[O-])c4)ccc32)c1OC. The summed E-state index contributed by atoms with van der Waals surface area (Å²) in [5, 5.41) is 20.8. The van der Waals surface area contributed by atoms with E-state index in [-0.39, 0.29) is 34.2 Å². The summed E-state index contributed by atoms with van der Waals surface area (Å²) in [6, 6.07) is 17.3. The third kappa shape index (κ3) is 4.30. The number of rotatable bonds is 6. The molecule has 3 aromatic rings. The molecule has 1 atom stereocenters. The molecule has 0 saturated heterocycles. The van der Waals surface area contributed by atoms with Gasteiger partial charge in [-0.15, -0.1) is 0 Å². The second kappa shape index (κ2) is 9.44. The quantitative estimate of drug-likeness (QED) is 0.242. The molecule has 2 N–H and O–H groups in total. The average Bonchev–Trinajstić information content (AvgIpc) is 2.87. The van der Waals surface area contributed by atoms with Crippen LogP contribution in [0.15, 0.2) is 72.1 Å². The predicted octanol–water partition coefficient (Wildman–Crippen LogP) is 4.05. The molecule has 35 heavy (non-hydrogen) atoms. The van der Waals surface area contributed by atoms with Gasteiger partial charge in [0.1, 0.15) is 23.1 Å². The predicted molar refractivity (Wildman–Crippen MR) is 123 cm³/mol. The Morgan fingerprint density at radius 3 is 2.54 bits per heavy atom. The standard InChI is InChI=1S/C25H19N3O7/c1-32-20-8-4-7-18(23(20)33-2)22-17-10-9-16(12-21(17)35-24(27)19(22)13-26)34-25(29)14-5-3-6-15(11-14)28(30)31/h3-12,22H,27H2,1-2H3. The van der Waals surface area contributed by atoms with Crippen LogP contribution in [0.1, 0.15) is 27.4 Å². The maximum Gasteiger partial charge on any atom is 0.343 e. The highest BCUT2D eigenvalue weighted by Crippen LogP contribution is 2.47. The summed E-state index contributed by atoms with van der Waals surface area (Å²) < 4.78 is 22.0. The van der Waals surface area contributed by atoms with E-state index in [0.29, 0.717) is 22.6 Å². The topological polar surface area (TPSA) is 147 Å². The molecule has 4 rings (SSSR count). The van der Waals surface area contributed by atoms with Gasteiger partial charge in [0.2, 0.25) is 5.88 Å². The van der Waals surface area contributed by atoms with Gasteiger partial charge >= 0.3 is 5.97 Å². The average molecular weight is 473 g/mol. The summed E-state index contributed by atoms with van der Waals surface area (Å²) in [5.41, 5.74) is 7.27. The first-order chi connectivity index (χ1) is 16.9. The molecule has 0 saturated carbocycles. The van der Waals surface area contributed by atoms with Crippen molar-refractivity contribution in [3.63, 3.8) is 0 Å². The number of para-hydroxylation sites is 1. The number of benzene rings is 3. The summed E-state index contributed by atoms with van der Waals surface area (Å²) >= 11 is 0. The van der Waals surface area contributed by atoms with E-state index in [1.54, 1.807) is 24.3 Å². The summed E-state index contributed by atoms with van der Waals surface area (Å²) in [6.07, 6.45) is 0. The van der Waals surface area contributed by atoms with Gasteiger partial charge in [-0.2, -0.15) is 5.26 Å². The van der Waals surface area contributed by atoms with Gasteiger partial charge in [0.15, 0.2) is 11.5 Å².